The maximum atomic E-state index is 12.3. The van der Waals surface area contributed by atoms with E-state index < -0.39 is 18.1 Å². The van der Waals surface area contributed by atoms with Crippen molar-refractivity contribution in [2.75, 3.05) is 0 Å². The molecule has 2 aromatic heterocycles. The van der Waals surface area contributed by atoms with Crippen LogP contribution in [0.15, 0.2) is 41.5 Å². The number of aryl methyl sites for hydroxylation is 1. The highest BCUT2D eigenvalue weighted by Crippen LogP contribution is 2.11. The lowest BCUT2D eigenvalue weighted by atomic mass is 10.1. The monoisotopic (exact) mass is 334 g/mol. The van der Waals surface area contributed by atoms with Crippen molar-refractivity contribution in [3.8, 4) is 0 Å². The minimum atomic E-state index is -1.09. The van der Waals surface area contributed by atoms with Gasteiger partial charge in [-0.3, -0.25) is 14.2 Å². The Balaban J connectivity index is 0.00000192. The smallest absolute Gasteiger partial charge is 0.323 e. The number of fused-ring (bicyclic) bond motifs is 1. The summed E-state index contributed by atoms with van der Waals surface area (Å²) in [4.78, 5) is 27.5. The Morgan fingerprint density at radius 1 is 1.26 bits per heavy atom. The van der Waals surface area contributed by atoms with Crippen LogP contribution in [-0.4, -0.2) is 30.2 Å². The van der Waals surface area contributed by atoms with E-state index in [1.54, 1.807) is 6.92 Å². The maximum absolute atomic E-state index is 12.3. The Bertz CT molecular complexity index is 902. The topological polar surface area (TPSA) is 89.5 Å². The van der Waals surface area contributed by atoms with Gasteiger partial charge in [0.15, 0.2) is 5.52 Å². The summed E-state index contributed by atoms with van der Waals surface area (Å²) in [6.07, 6.45) is 1.78. The zero-order valence-electron chi connectivity index (χ0n) is 12.3. The molecule has 23 heavy (non-hydrogen) atoms. The summed E-state index contributed by atoms with van der Waals surface area (Å²) in [6, 6.07) is 9.75. The molecule has 0 atom stereocenters. The summed E-state index contributed by atoms with van der Waals surface area (Å²) in [6.45, 7) is 1.30. The third kappa shape index (κ3) is 3.24. The average Bonchev–Trinajstić information content (AvgIpc) is 2.79. The number of halogens is 1. The van der Waals surface area contributed by atoms with Crippen LogP contribution in [0.4, 0.5) is 0 Å². The highest BCUT2D eigenvalue weighted by Gasteiger charge is 2.15. The molecule has 2 heterocycles. The number of carboxylic acids is 1. The van der Waals surface area contributed by atoms with Crippen LogP contribution in [0.3, 0.4) is 0 Å². The van der Waals surface area contributed by atoms with Gasteiger partial charge in [0, 0.05) is 6.42 Å². The number of aromatic nitrogens is 4. The van der Waals surface area contributed by atoms with E-state index in [-0.39, 0.29) is 12.4 Å². The lowest BCUT2D eigenvalue weighted by Crippen LogP contribution is -2.26. The van der Waals surface area contributed by atoms with Gasteiger partial charge in [0.1, 0.15) is 18.7 Å². The van der Waals surface area contributed by atoms with Crippen molar-refractivity contribution in [3.05, 3.63) is 64.1 Å². The van der Waals surface area contributed by atoms with E-state index in [0.29, 0.717) is 23.5 Å². The zero-order valence-corrected chi connectivity index (χ0v) is 13.2. The molecule has 120 valence electrons. The second kappa shape index (κ2) is 6.62. The van der Waals surface area contributed by atoms with Gasteiger partial charge in [0.2, 0.25) is 0 Å². The van der Waals surface area contributed by atoms with Crippen LogP contribution in [-0.2, 0) is 17.8 Å². The molecule has 0 saturated carbocycles. The first-order chi connectivity index (χ1) is 10.6. The predicted molar refractivity (Wildman–Crippen MR) is 86.1 cm³/mol. The molecule has 0 unspecified atom stereocenters. The number of benzene rings is 1. The number of rotatable bonds is 4. The van der Waals surface area contributed by atoms with E-state index in [4.69, 9.17) is 5.11 Å². The molecular weight excluding hydrogens is 320 g/mol. The number of carbonyl (C=O) groups is 1. The van der Waals surface area contributed by atoms with Gasteiger partial charge in [-0.25, -0.2) is 9.50 Å². The number of aliphatic carboxylic acids is 1. The van der Waals surface area contributed by atoms with Gasteiger partial charge in [-0.05, 0) is 12.5 Å². The van der Waals surface area contributed by atoms with Crippen molar-refractivity contribution in [3.63, 3.8) is 0 Å². The van der Waals surface area contributed by atoms with Gasteiger partial charge < -0.3 is 5.11 Å². The number of imidazole rings is 1. The lowest BCUT2D eigenvalue weighted by Gasteiger charge is -2.04. The molecule has 0 radical (unpaired) electrons. The third-order valence-electron chi connectivity index (χ3n) is 3.38. The van der Waals surface area contributed by atoms with Gasteiger partial charge in [0.25, 0.3) is 5.56 Å². The molecule has 0 spiro atoms. The van der Waals surface area contributed by atoms with Gasteiger partial charge in [-0.2, -0.15) is 5.10 Å². The quantitative estimate of drug-likeness (QED) is 0.776. The molecule has 0 bridgehead atoms. The molecule has 3 aromatic rings. The van der Waals surface area contributed by atoms with Gasteiger partial charge in [0.05, 0.1) is 5.69 Å². The zero-order chi connectivity index (χ0) is 15.7. The molecule has 0 aliphatic heterocycles. The number of hydrogen-bond donors (Lipinski definition) is 1. The van der Waals surface area contributed by atoms with Crippen molar-refractivity contribution < 1.29 is 9.90 Å². The highest BCUT2D eigenvalue weighted by atomic mass is 35.5. The summed E-state index contributed by atoms with van der Waals surface area (Å²) in [7, 11) is 0. The van der Waals surface area contributed by atoms with Crippen molar-refractivity contribution in [1.82, 2.24) is 19.2 Å². The first kappa shape index (κ1) is 16.7. The van der Waals surface area contributed by atoms with Crippen LogP contribution < -0.4 is 5.56 Å². The predicted octanol–water partition coefficient (Wildman–Crippen LogP) is 1.30. The average molecular weight is 335 g/mol. The summed E-state index contributed by atoms with van der Waals surface area (Å²) in [5.41, 5.74) is 1.52. The fourth-order valence-corrected chi connectivity index (χ4v) is 2.40. The molecule has 3 rings (SSSR count). The van der Waals surface area contributed by atoms with Crippen molar-refractivity contribution in [2.24, 2.45) is 0 Å². The number of hydrogen-bond acceptors (Lipinski definition) is 4. The Morgan fingerprint density at radius 2 is 1.96 bits per heavy atom. The molecule has 7 nitrogen and oxygen atoms in total. The SMILES string of the molecule is Cc1nc(Cc2ccccc2)n2ncn(CC(=O)O)c(=O)c12.Cl. The summed E-state index contributed by atoms with van der Waals surface area (Å²) >= 11 is 0. The number of carboxylic acid groups (broad SMARTS) is 1. The molecule has 0 saturated heterocycles. The van der Waals surface area contributed by atoms with E-state index >= 15 is 0 Å². The molecule has 0 aliphatic rings. The second-order valence-electron chi connectivity index (χ2n) is 4.99. The fourth-order valence-electron chi connectivity index (χ4n) is 2.40. The fraction of sp³-hybridized carbons (Fsp3) is 0.200. The highest BCUT2D eigenvalue weighted by molar-refractivity contribution is 5.85. The normalized spacial score (nSPS) is 10.5. The molecule has 1 N–H and O–H groups in total. The van der Waals surface area contributed by atoms with E-state index in [0.717, 1.165) is 10.1 Å². The molecule has 0 amide bonds. The molecule has 0 fully saturated rings. The molecule has 0 aliphatic carbocycles. The summed E-state index contributed by atoms with van der Waals surface area (Å²) in [5.74, 6) is -0.437. The Hall–Kier alpha value is -2.67. The maximum Gasteiger partial charge on any atom is 0.323 e. The van der Waals surface area contributed by atoms with Crippen molar-refractivity contribution >= 4 is 23.9 Å². The first-order valence-electron chi connectivity index (χ1n) is 6.75. The van der Waals surface area contributed by atoms with Gasteiger partial charge in [-0.1, -0.05) is 30.3 Å². The van der Waals surface area contributed by atoms with Crippen LogP contribution in [0.25, 0.3) is 5.52 Å². The first-order valence-corrected chi connectivity index (χ1v) is 6.75. The minimum absolute atomic E-state index is 0. The van der Waals surface area contributed by atoms with Crippen LogP contribution in [0.1, 0.15) is 17.1 Å². The van der Waals surface area contributed by atoms with Gasteiger partial charge in [-0.15, -0.1) is 12.4 Å². The minimum Gasteiger partial charge on any atom is -0.480 e. The Kier molecular flexibility index (Phi) is 4.80. The second-order valence-corrected chi connectivity index (χ2v) is 4.99. The molecule has 1 aromatic carbocycles. The van der Waals surface area contributed by atoms with Crippen molar-refractivity contribution in [1.29, 1.82) is 0 Å². The van der Waals surface area contributed by atoms with Crippen LogP contribution >= 0.6 is 12.4 Å². The van der Waals surface area contributed by atoms with E-state index in [1.807, 2.05) is 30.3 Å². The Labute approximate surface area is 137 Å². The van der Waals surface area contributed by atoms with Crippen LogP contribution in [0.5, 0.6) is 0 Å². The Morgan fingerprint density at radius 3 is 2.61 bits per heavy atom. The standard InChI is InChI=1S/C15H14N4O3.ClH/c1-10-14-15(22)18(8-13(20)21)9-16-19(14)12(17-10)7-11-5-3-2-4-6-11;/h2-6,9H,7-8H2,1H3,(H,20,21);1H. The summed E-state index contributed by atoms with van der Waals surface area (Å²) in [5, 5.41) is 13.0. The van der Waals surface area contributed by atoms with E-state index in [9.17, 15) is 9.59 Å². The summed E-state index contributed by atoms with van der Waals surface area (Å²) < 4.78 is 2.56. The largest absolute Gasteiger partial charge is 0.480 e. The van der Waals surface area contributed by atoms with E-state index in [1.165, 1.54) is 10.8 Å². The lowest BCUT2D eigenvalue weighted by molar-refractivity contribution is -0.137. The third-order valence-corrected chi connectivity index (χ3v) is 3.38. The van der Waals surface area contributed by atoms with Crippen molar-refractivity contribution in [2.45, 2.75) is 19.9 Å². The van der Waals surface area contributed by atoms with Gasteiger partial charge >= 0.3 is 5.97 Å². The van der Waals surface area contributed by atoms with Crippen LogP contribution in [0.2, 0.25) is 0 Å². The molecule has 8 heteroatoms. The van der Waals surface area contributed by atoms with Crippen LogP contribution in [0, 0.1) is 6.92 Å². The number of nitrogens with zero attached hydrogens (tertiary/aromatic N) is 4. The molecular formula is C15H15ClN4O3. The van der Waals surface area contributed by atoms with E-state index in [2.05, 4.69) is 10.1 Å².